The molecule has 2 N–H and O–H groups in total. The van der Waals surface area contributed by atoms with Crippen molar-refractivity contribution < 1.29 is 9.53 Å². The highest BCUT2D eigenvalue weighted by Gasteiger charge is 2.24. The molecular formula is C24H29N7O2. The summed E-state index contributed by atoms with van der Waals surface area (Å²) in [6, 6.07) is 12.3. The van der Waals surface area contributed by atoms with Crippen LogP contribution >= 0.6 is 0 Å². The zero-order chi connectivity index (χ0) is 22.9. The Kier molecular flexibility index (Phi) is 5.74. The Hall–Kier alpha value is -3.43. The first-order valence-electron chi connectivity index (χ1n) is 11.3. The van der Waals surface area contributed by atoms with Gasteiger partial charge in [0.2, 0.25) is 0 Å². The van der Waals surface area contributed by atoms with Gasteiger partial charge >= 0.3 is 0 Å². The molecular weight excluding hydrogens is 418 g/mol. The molecule has 0 saturated carbocycles. The van der Waals surface area contributed by atoms with Gasteiger partial charge in [-0.2, -0.15) is 9.61 Å². The van der Waals surface area contributed by atoms with E-state index in [4.69, 9.17) is 9.72 Å². The molecule has 0 spiro atoms. The average molecular weight is 448 g/mol. The summed E-state index contributed by atoms with van der Waals surface area (Å²) in [7, 11) is 0. The number of fused-ring (bicyclic) bond motifs is 1. The van der Waals surface area contributed by atoms with E-state index in [1.807, 2.05) is 31.1 Å². The molecule has 3 aromatic rings. The Morgan fingerprint density at radius 1 is 1.21 bits per heavy atom. The van der Waals surface area contributed by atoms with Gasteiger partial charge in [-0.25, -0.2) is 10.4 Å². The van der Waals surface area contributed by atoms with E-state index < -0.39 is 0 Å². The highest BCUT2D eigenvalue weighted by atomic mass is 16.5. The van der Waals surface area contributed by atoms with Gasteiger partial charge in [-0.05, 0) is 32.4 Å². The van der Waals surface area contributed by atoms with Gasteiger partial charge in [-0.15, -0.1) is 0 Å². The van der Waals surface area contributed by atoms with E-state index in [9.17, 15) is 4.79 Å². The SMILES string of the molecule is Cc1cccc(C2C=CN(c3cc(N4CCOCC4)n4nc(C(=O)NC(C)C)cc4n3)N2)c1. The van der Waals surface area contributed by atoms with Crippen molar-refractivity contribution in [1.29, 1.82) is 0 Å². The van der Waals surface area contributed by atoms with Gasteiger partial charge in [-0.3, -0.25) is 9.80 Å². The number of carbonyl (C=O) groups excluding carboxylic acids is 1. The van der Waals surface area contributed by atoms with Crippen LogP contribution in [0.15, 0.2) is 48.7 Å². The Morgan fingerprint density at radius 3 is 2.79 bits per heavy atom. The predicted molar refractivity (Wildman–Crippen MR) is 127 cm³/mol. The fraction of sp³-hybridized carbons (Fsp3) is 0.375. The summed E-state index contributed by atoms with van der Waals surface area (Å²) in [6.07, 6.45) is 4.12. The molecule has 1 unspecified atom stereocenters. The van der Waals surface area contributed by atoms with E-state index in [0.717, 1.165) is 24.7 Å². The van der Waals surface area contributed by atoms with E-state index in [-0.39, 0.29) is 18.0 Å². The molecule has 2 aliphatic rings. The predicted octanol–water partition coefficient (Wildman–Crippen LogP) is 2.59. The maximum Gasteiger partial charge on any atom is 0.272 e. The third-order valence-corrected chi connectivity index (χ3v) is 5.74. The second-order valence-electron chi connectivity index (χ2n) is 8.73. The van der Waals surface area contributed by atoms with Crippen LogP contribution in [0.2, 0.25) is 0 Å². The molecule has 1 saturated heterocycles. The molecule has 5 rings (SSSR count). The first-order chi connectivity index (χ1) is 16.0. The number of aromatic nitrogens is 3. The number of benzene rings is 1. The van der Waals surface area contributed by atoms with E-state index in [1.54, 1.807) is 10.6 Å². The number of hydrazine groups is 1. The lowest BCUT2D eigenvalue weighted by Crippen LogP contribution is -2.38. The van der Waals surface area contributed by atoms with Crippen LogP contribution in [0.4, 0.5) is 11.6 Å². The van der Waals surface area contributed by atoms with Crippen LogP contribution < -0.4 is 20.7 Å². The number of ether oxygens (including phenoxy) is 1. The van der Waals surface area contributed by atoms with E-state index in [0.29, 0.717) is 24.6 Å². The van der Waals surface area contributed by atoms with Crippen LogP contribution in [0.5, 0.6) is 0 Å². The Morgan fingerprint density at radius 2 is 2.03 bits per heavy atom. The van der Waals surface area contributed by atoms with Crippen molar-refractivity contribution >= 4 is 23.2 Å². The van der Waals surface area contributed by atoms with Crippen LogP contribution in [0.1, 0.15) is 41.5 Å². The minimum absolute atomic E-state index is 0.0297. The molecule has 0 radical (unpaired) electrons. The van der Waals surface area contributed by atoms with Gasteiger partial charge < -0.3 is 15.0 Å². The second-order valence-corrected chi connectivity index (χ2v) is 8.73. The highest BCUT2D eigenvalue weighted by Crippen LogP contribution is 2.28. The van der Waals surface area contributed by atoms with Crippen molar-refractivity contribution in [3.63, 3.8) is 0 Å². The first kappa shape index (κ1) is 21.4. The van der Waals surface area contributed by atoms with Crippen molar-refractivity contribution in [2.24, 2.45) is 0 Å². The Bertz CT molecular complexity index is 1200. The number of hydrogen-bond acceptors (Lipinski definition) is 7. The summed E-state index contributed by atoms with van der Waals surface area (Å²) >= 11 is 0. The van der Waals surface area contributed by atoms with Gasteiger partial charge in [0.05, 0.1) is 19.3 Å². The Labute approximate surface area is 193 Å². The highest BCUT2D eigenvalue weighted by molar-refractivity contribution is 5.93. The molecule has 0 aliphatic carbocycles. The van der Waals surface area contributed by atoms with E-state index >= 15 is 0 Å². The molecule has 9 nitrogen and oxygen atoms in total. The van der Waals surface area contributed by atoms with E-state index in [2.05, 4.69) is 58.0 Å². The minimum Gasteiger partial charge on any atom is -0.378 e. The van der Waals surface area contributed by atoms with Gasteiger partial charge in [0.15, 0.2) is 17.2 Å². The standard InChI is InChI=1S/C24H29N7O2/c1-16(2)25-24(32)20-14-22-26-21(15-23(31(22)28-20)29-9-11-33-12-10-29)30-8-7-19(27-30)18-6-4-5-17(3)13-18/h4-8,13-16,19,27H,9-12H2,1-3H3,(H,25,32). The molecule has 1 fully saturated rings. The average Bonchev–Trinajstić information content (AvgIpc) is 3.46. The number of hydrogen-bond donors (Lipinski definition) is 2. The lowest BCUT2D eigenvalue weighted by Gasteiger charge is -2.29. The van der Waals surface area contributed by atoms with Crippen LogP contribution in [0.25, 0.3) is 5.65 Å². The van der Waals surface area contributed by atoms with Gasteiger partial charge in [0.25, 0.3) is 5.91 Å². The van der Waals surface area contributed by atoms with Crippen molar-refractivity contribution in [3.8, 4) is 0 Å². The number of aryl methyl sites for hydroxylation is 1. The summed E-state index contributed by atoms with van der Waals surface area (Å²) in [5.74, 6) is 1.42. The molecule has 2 aromatic heterocycles. The quantitative estimate of drug-likeness (QED) is 0.622. The van der Waals surface area contributed by atoms with Crippen LogP contribution in [0.3, 0.4) is 0 Å². The van der Waals surface area contributed by atoms with Crippen molar-refractivity contribution in [2.75, 3.05) is 36.2 Å². The summed E-state index contributed by atoms with van der Waals surface area (Å²) in [4.78, 5) is 19.6. The van der Waals surface area contributed by atoms with Crippen LogP contribution in [0, 0.1) is 6.92 Å². The third kappa shape index (κ3) is 4.42. The topological polar surface area (TPSA) is 87.0 Å². The van der Waals surface area contributed by atoms with Gasteiger partial charge in [-0.1, -0.05) is 29.8 Å². The molecule has 1 aromatic carbocycles. The van der Waals surface area contributed by atoms with Crippen LogP contribution in [-0.4, -0.2) is 52.9 Å². The molecule has 33 heavy (non-hydrogen) atoms. The molecule has 9 heteroatoms. The number of anilines is 2. The largest absolute Gasteiger partial charge is 0.378 e. The third-order valence-electron chi connectivity index (χ3n) is 5.74. The number of morpholine rings is 1. The molecule has 1 amide bonds. The molecule has 2 aliphatic heterocycles. The molecule has 1 atom stereocenters. The summed E-state index contributed by atoms with van der Waals surface area (Å²) < 4.78 is 7.29. The van der Waals surface area contributed by atoms with E-state index in [1.165, 1.54) is 11.1 Å². The normalized spacial score (nSPS) is 18.5. The summed E-state index contributed by atoms with van der Waals surface area (Å²) in [6.45, 7) is 8.76. The Balaban J connectivity index is 1.50. The van der Waals surface area contributed by atoms with Crippen molar-refractivity contribution in [2.45, 2.75) is 32.9 Å². The number of amides is 1. The van der Waals surface area contributed by atoms with Gasteiger partial charge in [0.1, 0.15) is 5.82 Å². The van der Waals surface area contributed by atoms with Gasteiger partial charge in [0, 0.05) is 37.5 Å². The summed E-state index contributed by atoms with van der Waals surface area (Å²) in [5.41, 5.74) is 6.90. The van der Waals surface area contributed by atoms with Crippen LogP contribution in [-0.2, 0) is 4.74 Å². The van der Waals surface area contributed by atoms with Crippen molar-refractivity contribution in [1.82, 2.24) is 25.3 Å². The summed E-state index contributed by atoms with van der Waals surface area (Å²) in [5, 5.41) is 9.42. The minimum atomic E-state index is -0.205. The zero-order valence-electron chi connectivity index (χ0n) is 19.2. The second kappa shape index (κ2) is 8.84. The smallest absolute Gasteiger partial charge is 0.272 e. The lowest BCUT2D eigenvalue weighted by molar-refractivity contribution is 0.0937. The number of nitrogens with zero attached hydrogens (tertiary/aromatic N) is 5. The maximum absolute atomic E-state index is 12.6. The molecule has 0 bridgehead atoms. The number of rotatable bonds is 5. The number of nitrogens with one attached hydrogen (secondary N) is 2. The van der Waals surface area contributed by atoms with Crippen molar-refractivity contribution in [3.05, 3.63) is 65.5 Å². The number of carbonyl (C=O) groups is 1. The lowest BCUT2D eigenvalue weighted by atomic mass is 10.1. The zero-order valence-corrected chi connectivity index (χ0v) is 19.2. The maximum atomic E-state index is 12.6. The fourth-order valence-corrected chi connectivity index (χ4v) is 4.13. The first-order valence-corrected chi connectivity index (χ1v) is 11.3. The molecule has 4 heterocycles. The monoisotopic (exact) mass is 447 g/mol. The molecule has 172 valence electrons. The fourth-order valence-electron chi connectivity index (χ4n) is 4.13.